The van der Waals surface area contributed by atoms with Crippen LogP contribution in [0.25, 0.3) is 6.08 Å². The Labute approximate surface area is 152 Å². The van der Waals surface area contributed by atoms with Crippen LogP contribution in [-0.2, 0) is 16.0 Å². The molecule has 0 fully saturated rings. The molecule has 26 heavy (non-hydrogen) atoms. The van der Waals surface area contributed by atoms with Gasteiger partial charge in [0.2, 0.25) is 0 Å². The van der Waals surface area contributed by atoms with Crippen molar-refractivity contribution in [3.63, 3.8) is 0 Å². The number of nitrogens with zero attached hydrogens (tertiary/aromatic N) is 1. The molecule has 0 aliphatic carbocycles. The van der Waals surface area contributed by atoms with Crippen LogP contribution in [0.5, 0.6) is 0 Å². The smallest absolute Gasteiger partial charge is 0.338 e. The zero-order valence-electron chi connectivity index (χ0n) is 14.8. The van der Waals surface area contributed by atoms with Gasteiger partial charge in [-0.2, -0.15) is 5.26 Å². The number of benzene rings is 2. The highest BCUT2D eigenvalue weighted by Gasteiger charge is 2.11. The SMILES string of the molecule is CCOC(=O)c1ccc(NC(=O)/C(C#N)=C/c2ccc(CC)cc2)cc1. The molecule has 0 saturated heterocycles. The van der Waals surface area contributed by atoms with E-state index in [-0.39, 0.29) is 5.57 Å². The molecular formula is C21H20N2O3. The lowest BCUT2D eigenvalue weighted by atomic mass is 10.1. The first-order valence-corrected chi connectivity index (χ1v) is 8.36. The number of nitrogens with one attached hydrogen (secondary N) is 1. The van der Waals surface area contributed by atoms with E-state index in [1.165, 1.54) is 5.56 Å². The number of amides is 1. The van der Waals surface area contributed by atoms with Gasteiger partial charge in [-0.05, 0) is 54.8 Å². The molecular weight excluding hydrogens is 328 g/mol. The molecule has 2 aromatic carbocycles. The maximum absolute atomic E-state index is 12.3. The monoisotopic (exact) mass is 348 g/mol. The molecule has 0 aromatic heterocycles. The van der Waals surface area contributed by atoms with E-state index in [4.69, 9.17) is 4.74 Å². The van der Waals surface area contributed by atoms with E-state index in [2.05, 4.69) is 12.2 Å². The van der Waals surface area contributed by atoms with E-state index in [1.54, 1.807) is 37.3 Å². The maximum atomic E-state index is 12.3. The Kier molecular flexibility index (Phi) is 6.69. The minimum absolute atomic E-state index is 0.00344. The van der Waals surface area contributed by atoms with Gasteiger partial charge in [0.25, 0.3) is 5.91 Å². The molecule has 1 amide bonds. The fraction of sp³-hybridized carbons (Fsp3) is 0.190. The van der Waals surface area contributed by atoms with Gasteiger partial charge in [0, 0.05) is 5.69 Å². The Bertz CT molecular complexity index is 844. The molecule has 0 heterocycles. The first kappa shape index (κ1) is 18.9. The van der Waals surface area contributed by atoms with Crippen molar-refractivity contribution in [2.45, 2.75) is 20.3 Å². The van der Waals surface area contributed by atoms with Crippen LogP contribution in [0.15, 0.2) is 54.1 Å². The summed E-state index contributed by atoms with van der Waals surface area (Å²) in [6.07, 6.45) is 2.47. The summed E-state index contributed by atoms with van der Waals surface area (Å²) in [5, 5.41) is 11.9. The standard InChI is InChI=1S/C21H20N2O3/c1-3-15-5-7-16(8-6-15)13-18(14-22)20(24)23-19-11-9-17(10-12-19)21(25)26-4-2/h5-13H,3-4H2,1-2H3,(H,23,24)/b18-13+. The minimum Gasteiger partial charge on any atom is -0.462 e. The van der Waals surface area contributed by atoms with Crippen LogP contribution < -0.4 is 5.32 Å². The fourth-order valence-electron chi connectivity index (χ4n) is 2.27. The average molecular weight is 348 g/mol. The number of anilines is 1. The average Bonchev–Trinajstić information content (AvgIpc) is 2.67. The molecule has 5 nitrogen and oxygen atoms in total. The number of ether oxygens (including phenoxy) is 1. The van der Waals surface area contributed by atoms with Crippen LogP contribution in [0.3, 0.4) is 0 Å². The van der Waals surface area contributed by atoms with Crippen LogP contribution in [0.4, 0.5) is 5.69 Å². The van der Waals surface area contributed by atoms with Crippen molar-refractivity contribution < 1.29 is 14.3 Å². The van der Waals surface area contributed by atoms with Gasteiger partial charge in [-0.1, -0.05) is 31.2 Å². The summed E-state index contributed by atoms with van der Waals surface area (Å²) in [4.78, 5) is 23.9. The second-order valence-electron chi connectivity index (χ2n) is 5.52. The van der Waals surface area contributed by atoms with Gasteiger partial charge in [0.05, 0.1) is 12.2 Å². The van der Waals surface area contributed by atoms with E-state index in [9.17, 15) is 14.9 Å². The number of esters is 1. The minimum atomic E-state index is -0.504. The summed E-state index contributed by atoms with van der Waals surface area (Å²) in [6.45, 7) is 4.09. The number of nitriles is 1. The number of carbonyl (C=O) groups is 2. The fourth-order valence-corrected chi connectivity index (χ4v) is 2.27. The second kappa shape index (κ2) is 9.19. The Morgan fingerprint density at radius 3 is 2.27 bits per heavy atom. The molecule has 0 unspecified atom stereocenters. The van der Waals surface area contributed by atoms with E-state index < -0.39 is 11.9 Å². The van der Waals surface area contributed by atoms with E-state index in [0.29, 0.717) is 17.9 Å². The van der Waals surface area contributed by atoms with Crippen molar-refractivity contribution in [1.29, 1.82) is 5.26 Å². The highest BCUT2D eigenvalue weighted by Crippen LogP contribution is 2.14. The van der Waals surface area contributed by atoms with Crippen molar-refractivity contribution in [1.82, 2.24) is 0 Å². The molecule has 2 aromatic rings. The number of rotatable bonds is 6. The van der Waals surface area contributed by atoms with Crippen LogP contribution >= 0.6 is 0 Å². The van der Waals surface area contributed by atoms with Crippen molar-refractivity contribution in [2.75, 3.05) is 11.9 Å². The molecule has 0 saturated carbocycles. The van der Waals surface area contributed by atoms with Crippen LogP contribution in [0.1, 0.15) is 35.3 Å². The van der Waals surface area contributed by atoms with Gasteiger partial charge in [-0.25, -0.2) is 4.79 Å². The first-order chi connectivity index (χ1) is 12.6. The normalized spacial score (nSPS) is 10.7. The first-order valence-electron chi connectivity index (χ1n) is 8.36. The number of aryl methyl sites for hydroxylation is 1. The lowest BCUT2D eigenvalue weighted by molar-refractivity contribution is -0.112. The lowest BCUT2D eigenvalue weighted by Crippen LogP contribution is -2.13. The van der Waals surface area contributed by atoms with Gasteiger partial charge in [0.15, 0.2) is 0 Å². The summed E-state index contributed by atoms with van der Waals surface area (Å²) < 4.78 is 4.91. The van der Waals surface area contributed by atoms with E-state index in [1.807, 2.05) is 30.3 Å². The largest absolute Gasteiger partial charge is 0.462 e. The Morgan fingerprint density at radius 2 is 1.73 bits per heavy atom. The molecule has 1 N–H and O–H groups in total. The van der Waals surface area contributed by atoms with Gasteiger partial charge < -0.3 is 10.1 Å². The van der Waals surface area contributed by atoms with Crippen molar-refractivity contribution in [3.05, 3.63) is 70.8 Å². The third-order valence-electron chi connectivity index (χ3n) is 3.72. The molecule has 132 valence electrons. The molecule has 0 aliphatic heterocycles. The molecule has 0 bridgehead atoms. The Hall–Kier alpha value is -3.39. The quantitative estimate of drug-likeness (QED) is 0.487. The van der Waals surface area contributed by atoms with Crippen molar-refractivity contribution >= 4 is 23.6 Å². The highest BCUT2D eigenvalue weighted by molar-refractivity contribution is 6.09. The number of carbonyl (C=O) groups excluding carboxylic acids is 2. The number of hydrogen-bond acceptors (Lipinski definition) is 4. The molecule has 0 aliphatic rings. The molecule has 5 heteroatoms. The Morgan fingerprint density at radius 1 is 1.08 bits per heavy atom. The van der Waals surface area contributed by atoms with Crippen LogP contribution in [-0.4, -0.2) is 18.5 Å². The third-order valence-corrected chi connectivity index (χ3v) is 3.72. The number of hydrogen-bond donors (Lipinski definition) is 1. The summed E-state index contributed by atoms with van der Waals surface area (Å²) in [6, 6.07) is 15.9. The van der Waals surface area contributed by atoms with E-state index >= 15 is 0 Å². The summed E-state index contributed by atoms with van der Waals surface area (Å²) in [5.74, 6) is -0.922. The van der Waals surface area contributed by atoms with Crippen molar-refractivity contribution in [2.24, 2.45) is 0 Å². The zero-order valence-corrected chi connectivity index (χ0v) is 14.8. The summed E-state index contributed by atoms with van der Waals surface area (Å²) >= 11 is 0. The molecule has 2 rings (SSSR count). The van der Waals surface area contributed by atoms with Gasteiger partial charge in [-0.3, -0.25) is 4.79 Å². The van der Waals surface area contributed by atoms with Gasteiger partial charge in [0.1, 0.15) is 11.6 Å². The topological polar surface area (TPSA) is 79.2 Å². The summed E-state index contributed by atoms with van der Waals surface area (Å²) in [5.41, 5.74) is 2.87. The lowest BCUT2D eigenvalue weighted by Gasteiger charge is -2.06. The van der Waals surface area contributed by atoms with Gasteiger partial charge in [-0.15, -0.1) is 0 Å². The highest BCUT2D eigenvalue weighted by atomic mass is 16.5. The molecule has 0 atom stereocenters. The van der Waals surface area contributed by atoms with E-state index in [0.717, 1.165) is 12.0 Å². The second-order valence-corrected chi connectivity index (χ2v) is 5.52. The summed E-state index contributed by atoms with van der Waals surface area (Å²) in [7, 11) is 0. The van der Waals surface area contributed by atoms with Crippen LogP contribution in [0.2, 0.25) is 0 Å². The van der Waals surface area contributed by atoms with Gasteiger partial charge >= 0.3 is 5.97 Å². The van der Waals surface area contributed by atoms with Crippen LogP contribution in [0, 0.1) is 11.3 Å². The Balaban J connectivity index is 2.10. The van der Waals surface area contributed by atoms with Crippen molar-refractivity contribution in [3.8, 4) is 6.07 Å². The predicted octanol–water partition coefficient (Wildman–Crippen LogP) is 3.97. The maximum Gasteiger partial charge on any atom is 0.338 e. The predicted molar refractivity (Wildman–Crippen MR) is 100 cm³/mol. The zero-order chi connectivity index (χ0) is 18.9. The molecule has 0 spiro atoms. The third kappa shape index (κ3) is 5.05. The molecule has 0 radical (unpaired) electrons.